The number of rotatable bonds is 7. The predicted molar refractivity (Wildman–Crippen MR) is 120 cm³/mol. The van der Waals surface area contributed by atoms with Crippen LogP contribution in [0.4, 0.5) is 11.4 Å². The largest absolute Gasteiger partial charge is 0.497 e. The van der Waals surface area contributed by atoms with Crippen molar-refractivity contribution in [1.29, 1.82) is 0 Å². The molecule has 3 aromatic carbocycles. The molecule has 0 saturated carbocycles. The topological polar surface area (TPSA) is 102 Å². The van der Waals surface area contributed by atoms with Gasteiger partial charge in [0.1, 0.15) is 5.75 Å². The third-order valence-corrected chi connectivity index (χ3v) is 5.26. The maximum absolute atomic E-state index is 12.4. The maximum atomic E-state index is 12.4. The first-order valence-electron chi connectivity index (χ1n) is 9.37. The molecule has 31 heavy (non-hydrogen) atoms. The Bertz CT molecular complexity index is 1170. The molecule has 0 aliphatic carbocycles. The molecule has 0 aliphatic rings. The molecule has 0 aliphatic heterocycles. The van der Waals surface area contributed by atoms with Gasteiger partial charge in [-0.2, -0.15) is 0 Å². The van der Waals surface area contributed by atoms with Crippen LogP contribution in [0.3, 0.4) is 0 Å². The molecule has 0 saturated heterocycles. The third kappa shape index (κ3) is 6.42. The minimum absolute atomic E-state index is 0.0745. The first-order chi connectivity index (χ1) is 14.7. The molecule has 0 radical (unpaired) electrons. The SMILES string of the molecule is COc1ccc(NC(=O)c2ccc(NC(=O)c3ccc(CS(C)(=O)=O)cc3)cc2)cc1. The van der Waals surface area contributed by atoms with E-state index >= 15 is 0 Å². The van der Waals surface area contributed by atoms with E-state index in [1.165, 1.54) is 0 Å². The van der Waals surface area contributed by atoms with Crippen molar-refractivity contribution in [3.05, 3.63) is 89.5 Å². The van der Waals surface area contributed by atoms with Gasteiger partial charge in [-0.1, -0.05) is 12.1 Å². The second kappa shape index (κ2) is 9.44. The number of carbonyl (C=O) groups is 2. The Morgan fingerprint density at radius 2 is 1.16 bits per heavy atom. The van der Waals surface area contributed by atoms with Crippen molar-refractivity contribution in [2.24, 2.45) is 0 Å². The molecule has 0 unspecified atom stereocenters. The summed E-state index contributed by atoms with van der Waals surface area (Å²) in [6.07, 6.45) is 1.16. The molecule has 0 bridgehead atoms. The van der Waals surface area contributed by atoms with Gasteiger partial charge in [-0.25, -0.2) is 8.42 Å². The van der Waals surface area contributed by atoms with Crippen molar-refractivity contribution in [2.45, 2.75) is 5.75 Å². The molecule has 0 spiro atoms. The lowest BCUT2D eigenvalue weighted by Gasteiger charge is -2.09. The number of hydrogen-bond donors (Lipinski definition) is 2. The van der Waals surface area contributed by atoms with Crippen LogP contribution in [0.25, 0.3) is 0 Å². The lowest BCUT2D eigenvalue weighted by atomic mass is 10.1. The highest BCUT2D eigenvalue weighted by molar-refractivity contribution is 7.89. The fraction of sp³-hybridized carbons (Fsp3) is 0.130. The quantitative estimate of drug-likeness (QED) is 0.585. The number of amides is 2. The molecular weight excluding hydrogens is 416 g/mol. The molecule has 3 aromatic rings. The third-order valence-electron chi connectivity index (χ3n) is 4.40. The van der Waals surface area contributed by atoms with Crippen LogP contribution in [-0.4, -0.2) is 33.6 Å². The normalized spacial score (nSPS) is 10.9. The van der Waals surface area contributed by atoms with E-state index in [2.05, 4.69) is 10.6 Å². The number of benzene rings is 3. The average molecular weight is 439 g/mol. The van der Waals surface area contributed by atoms with Crippen LogP contribution >= 0.6 is 0 Å². The zero-order chi connectivity index (χ0) is 22.4. The van der Waals surface area contributed by atoms with E-state index in [1.54, 1.807) is 79.9 Å². The van der Waals surface area contributed by atoms with Gasteiger partial charge in [0.2, 0.25) is 0 Å². The van der Waals surface area contributed by atoms with Crippen LogP contribution in [0.5, 0.6) is 5.75 Å². The summed E-state index contributed by atoms with van der Waals surface area (Å²) in [6, 6.07) is 19.9. The summed E-state index contributed by atoms with van der Waals surface area (Å²) in [5.41, 5.74) is 2.64. The van der Waals surface area contributed by atoms with Gasteiger partial charge in [-0.15, -0.1) is 0 Å². The standard InChI is InChI=1S/C23H22N2O5S/c1-30-21-13-11-20(12-14-21)25-23(27)18-7-9-19(10-8-18)24-22(26)17-5-3-16(4-6-17)15-31(2,28)29/h3-14H,15H2,1-2H3,(H,24,26)(H,25,27). The summed E-state index contributed by atoms with van der Waals surface area (Å²) in [6.45, 7) is 0. The molecule has 2 amide bonds. The molecule has 0 atom stereocenters. The predicted octanol–water partition coefficient (Wildman–Crippen LogP) is 3.74. The summed E-state index contributed by atoms with van der Waals surface area (Å²) in [7, 11) is -1.56. The Labute approximate surface area is 181 Å². The Kier molecular flexibility index (Phi) is 6.71. The molecule has 8 heteroatoms. The van der Waals surface area contributed by atoms with Gasteiger partial charge in [-0.05, 0) is 66.2 Å². The van der Waals surface area contributed by atoms with Crippen LogP contribution in [0.15, 0.2) is 72.8 Å². The Morgan fingerprint density at radius 3 is 1.58 bits per heavy atom. The zero-order valence-electron chi connectivity index (χ0n) is 17.1. The fourth-order valence-corrected chi connectivity index (χ4v) is 3.64. The van der Waals surface area contributed by atoms with Crippen LogP contribution in [-0.2, 0) is 15.6 Å². The minimum atomic E-state index is -3.13. The first-order valence-corrected chi connectivity index (χ1v) is 11.4. The van der Waals surface area contributed by atoms with Gasteiger partial charge in [0.05, 0.1) is 12.9 Å². The van der Waals surface area contributed by atoms with Gasteiger partial charge >= 0.3 is 0 Å². The lowest BCUT2D eigenvalue weighted by Crippen LogP contribution is -2.14. The molecule has 3 rings (SSSR count). The number of sulfone groups is 1. The van der Waals surface area contributed by atoms with Crippen molar-refractivity contribution >= 4 is 33.0 Å². The van der Waals surface area contributed by atoms with Crippen molar-refractivity contribution in [3.8, 4) is 5.75 Å². The minimum Gasteiger partial charge on any atom is -0.497 e. The Morgan fingerprint density at radius 1 is 0.742 bits per heavy atom. The zero-order valence-corrected chi connectivity index (χ0v) is 17.9. The summed E-state index contributed by atoms with van der Waals surface area (Å²) in [4.78, 5) is 24.8. The lowest BCUT2D eigenvalue weighted by molar-refractivity contribution is 0.102. The van der Waals surface area contributed by atoms with E-state index in [0.29, 0.717) is 33.8 Å². The van der Waals surface area contributed by atoms with Crippen molar-refractivity contribution in [3.63, 3.8) is 0 Å². The molecular formula is C23H22N2O5S. The van der Waals surface area contributed by atoms with Gasteiger partial charge in [0.15, 0.2) is 9.84 Å². The number of methoxy groups -OCH3 is 1. The number of carbonyl (C=O) groups excluding carboxylic acids is 2. The van der Waals surface area contributed by atoms with E-state index in [9.17, 15) is 18.0 Å². The van der Waals surface area contributed by atoms with Crippen LogP contribution in [0.2, 0.25) is 0 Å². The van der Waals surface area contributed by atoms with E-state index < -0.39 is 9.84 Å². The van der Waals surface area contributed by atoms with Crippen molar-refractivity contribution < 1.29 is 22.7 Å². The first kappa shape index (κ1) is 22.0. The Hall–Kier alpha value is -3.65. The van der Waals surface area contributed by atoms with Gasteiger partial charge in [-0.3, -0.25) is 9.59 Å². The maximum Gasteiger partial charge on any atom is 0.255 e. The van der Waals surface area contributed by atoms with Crippen LogP contribution < -0.4 is 15.4 Å². The summed E-state index contributed by atoms with van der Waals surface area (Å²) < 4.78 is 27.8. The summed E-state index contributed by atoms with van der Waals surface area (Å²) in [5.74, 6) is 0.0172. The average Bonchev–Trinajstić information content (AvgIpc) is 2.74. The fourth-order valence-electron chi connectivity index (χ4n) is 2.84. The number of anilines is 2. The number of ether oxygens (including phenoxy) is 1. The molecule has 2 N–H and O–H groups in total. The summed E-state index contributed by atoms with van der Waals surface area (Å²) >= 11 is 0. The highest BCUT2D eigenvalue weighted by atomic mass is 32.2. The summed E-state index contributed by atoms with van der Waals surface area (Å²) in [5, 5.41) is 5.54. The van der Waals surface area contributed by atoms with Gasteiger partial charge in [0, 0.05) is 28.8 Å². The second-order valence-corrected chi connectivity index (χ2v) is 9.12. The van der Waals surface area contributed by atoms with Gasteiger partial charge < -0.3 is 15.4 Å². The van der Waals surface area contributed by atoms with Crippen LogP contribution in [0, 0.1) is 0 Å². The molecule has 0 aromatic heterocycles. The Balaban J connectivity index is 1.60. The van der Waals surface area contributed by atoms with Gasteiger partial charge in [0.25, 0.3) is 11.8 Å². The highest BCUT2D eigenvalue weighted by Crippen LogP contribution is 2.17. The van der Waals surface area contributed by atoms with E-state index in [1.807, 2.05) is 0 Å². The molecule has 0 heterocycles. The smallest absolute Gasteiger partial charge is 0.255 e. The van der Waals surface area contributed by atoms with E-state index in [-0.39, 0.29) is 17.6 Å². The number of hydrogen-bond acceptors (Lipinski definition) is 5. The highest BCUT2D eigenvalue weighted by Gasteiger charge is 2.10. The van der Waals surface area contributed by atoms with Crippen molar-refractivity contribution in [2.75, 3.05) is 24.0 Å². The molecule has 0 fully saturated rings. The number of nitrogens with one attached hydrogen (secondary N) is 2. The van der Waals surface area contributed by atoms with Crippen molar-refractivity contribution in [1.82, 2.24) is 0 Å². The van der Waals surface area contributed by atoms with E-state index in [0.717, 1.165) is 6.26 Å². The molecule has 160 valence electrons. The van der Waals surface area contributed by atoms with Crippen LogP contribution in [0.1, 0.15) is 26.3 Å². The second-order valence-electron chi connectivity index (χ2n) is 6.98. The monoisotopic (exact) mass is 438 g/mol. The molecule has 7 nitrogen and oxygen atoms in total. The van der Waals surface area contributed by atoms with E-state index in [4.69, 9.17) is 4.74 Å².